The monoisotopic (exact) mass is 273 g/mol. The van der Waals surface area contributed by atoms with Gasteiger partial charge in [-0.05, 0) is 36.8 Å². The van der Waals surface area contributed by atoms with Crippen LogP contribution >= 0.6 is 0 Å². The zero-order valence-electron chi connectivity index (χ0n) is 11.6. The topological polar surface area (TPSA) is 41.3 Å². The highest BCUT2D eigenvalue weighted by Gasteiger charge is 2.02. The van der Waals surface area contributed by atoms with Crippen molar-refractivity contribution in [1.82, 2.24) is 0 Å². The van der Waals surface area contributed by atoms with Crippen molar-refractivity contribution in [2.75, 3.05) is 36.1 Å². The second-order valence-corrected chi connectivity index (χ2v) is 4.78. The van der Waals surface area contributed by atoms with Crippen molar-refractivity contribution in [3.63, 3.8) is 0 Å². The molecule has 106 valence electrons. The molecule has 0 amide bonds. The van der Waals surface area contributed by atoms with Gasteiger partial charge in [0.2, 0.25) is 0 Å². The molecule has 0 bridgehead atoms. The number of para-hydroxylation sites is 1. The molecule has 0 spiro atoms. The van der Waals surface area contributed by atoms with Crippen molar-refractivity contribution in [2.45, 2.75) is 6.42 Å². The van der Waals surface area contributed by atoms with E-state index < -0.39 is 0 Å². The summed E-state index contributed by atoms with van der Waals surface area (Å²) < 4.78 is 13.5. The fourth-order valence-corrected chi connectivity index (χ4v) is 2.03. The molecule has 3 nitrogen and oxygen atoms in total. The van der Waals surface area contributed by atoms with Crippen molar-refractivity contribution in [2.24, 2.45) is 0 Å². The second-order valence-electron chi connectivity index (χ2n) is 4.78. The lowest BCUT2D eigenvalue weighted by Gasteiger charge is -2.19. The van der Waals surface area contributed by atoms with Crippen LogP contribution in [0, 0.1) is 5.82 Å². The average molecular weight is 273 g/mol. The number of anilines is 3. The Morgan fingerprint density at radius 1 is 1.15 bits per heavy atom. The van der Waals surface area contributed by atoms with Crippen LogP contribution in [0.2, 0.25) is 0 Å². The van der Waals surface area contributed by atoms with Gasteiger partial charge in [-0.25, -0.2) is 4.39 Å². The minimum atomic E-state index is -0.304. The molecule has 20 heavy (non-hydrogen) atoms. The fraction of sp³-hybridized carbons (Fsp3) is 0.250. The molecule has 2 rings (SSSR count). The zero-order chi connectivity index (χ0) is 14.4. The summed E-state index contributed by atoms with van der Waals surface area (Å²) in [6, 6.07) is 14.9. The Labute approximate surface area is 119 Å². The molecule has 0 radical (unpaired) electrons. The molecule has 2 aromatic rings. The lowest BCUT2D eigenvalue weighted by molar-refractivity contribution is 0.630. The minimum absolute atomic E-state index is 0.304. The normalized spacial score (nSPS) is 10.3. The first-order chi connectivity index (χ1) is 9.66. The predicted octanol–water partition coefficient (Wildman–Crippen LogP) is 3.35. The van der Waals surface area contributed by atoms with Crippen LogP contribution in [0.25, 0.3) is 0 Å². The van der Waals surface area contributed by atoms with Gasteiger partial charge in [0.25, 0.3) is 0 Å². The van der Waals surface area contributed by atoms with Gasteiger partial charge in [-0.3, -0.25) is 0 Å². The van der Waals surface area contributed by atoms with Crippen molar-refractivity contribution in [3.05, 3.63) is 54.3 Å². The van der Waals surface area contributed by atoms with Gasteiger partial charge in [0.1, 0.15) is 5.82 Å². The van der Waals surface area contributed by atoms with E-state index in [0.29, 0.717) is 11.4 Å². The van der Waals surface area contributed by atoms with Crippen molar-refractivity contribution in [3.8, 4) is 0 Å². The third-order valence-corrected chi connectivity index (χ3v) is 3.18. The molecule has 3 N–H and O–H groups in total. The SMILES string of the molecule is CN(CCCNc1ccc(N)cc1F)c1ccccc1. The van der Waals surface area contributed by atoms with E-state index in [1.807, 2.05) is 18.2 Å². The Morgan fingerprint density at radius 2 is 1.90 bits per heavy atom. The maximum Gasteiger partial charge on any atom is 0.148 e. The summed E-state index contributed by atoms with van der Waals surface area (Å²) in [5.41, 5.74) is 7.64. The Bertz CT molecular complexity index is 543. The fourth-order valence-electron chi connectivity index (χ4n) is 2.03. The Kier molecular flexibility index (Phi) is 4.82. The summed E-state index contributed by atoms with van der Waals surface area (Å²) >= 11 is 0. The Hall–Kier alpha value is -2.23. The van der Waals surface area contributed by atoms with Gasteiger partial charge in [-0.1, -0.05) is 18.2 Å². The first-order valence-electron chi connectivity index (χ1n) is 6.72. The Morgan fingerprint density at radius 3 is 2.60 bits per heavy atom. The lowest BCUT2D eigenvalue weighted by Crippen LogP contribution is -2.20. The molecule has 0 fully saturated rings. The van der Waals surface area contributed by atoms with E-state index in [1.165, 1.54) is 11.8 Å². The van der Waals surface area contributed by atoms with Gasteiger partial charge >= 0.3 is 0 Å². The first kappa shape index (κ1) is 14.2. The molecule has 0 unspecified atom stereocenters. The van der Waals surface area contributed by atoms with Crippen LogP contribution in [-0.2, 0) is 0 Å². The summed E-state index contributed by atoms with van der Waals surface area (Å²) in [6.07, 6.45) is 0.926. The van der Waals surface area contributed by atoms with Crippen molar-refractivity contribution in [1.29, 1.82) is 0 Å². The summed E-state index contributed by atoms with van der Waals surface area (Å²) in [5.74, 6) is -0.304. The zero-order valence-corrected chi connectivity index (χ0v) is 11.6. The molecule has 0 aliphatic carbocycles. The van der Waals surface area contributed by atoms with Gasteiger partial charge < -0.3 is 16.0 Å². The molecular weight excluding hydrogens is 253 g/mol. The maximum absolute atomic E-state index is 13.5. The third kappa shape index (κ3) is 3.88. The molecule has 0 saturated heterocycles. The summed E-state index contributed by atoms with van der Waals surface area (Å²) in [5, 5.41) is 3.09. The van der Waals surface area contributed by atoms with Crippen LogP contribution in [0.4, 0.5) is 21.5 Å². The summed E-state index contributed by atoms with van der Waals surface area (Å²) in [6.45, 7) is 1.63. The van der Waals surface area contributed by atoms with Gasteiger partial charge in [-0.2, -0.15) is 0 Å². The van der Waals surface area contributed by atoms with Gasteiger partial charge in [0, 0.05) is 31.5 Å². The highest BCUT2D eigenvalue weighted by atomic mass is 19.1. The van der Waals surface area contributed by atoms with Crippen molar-refractivity contribution >= 4 is 17.1 Å². The molecule has 0 heterocycles. The number of nitrogens with two attached hydrogens (primary N) is 1. The van der Waals surface area contributed by atoms with E-state index in [2.05, 4.69) is 29.4 Å². The number of nitrogen functional groups attached to an aromatic ring is 1. The predicted molar refractivity (Wildman–Crippen MR) is 83.6 cm³/mol. The molecular formula is C16H20FN3. The van der Waals surface area contributed by atoms with Crippen LogP contribution in [0.3, 0.4) is 0 Å². The van der Waals surface area contributed by atoms with Gasteiger partial charge in [0.05, 0.1) is 5.69 Å². The third-order valence-electron chi connectivity index (χ3n) is 3.18. The largest absolute Gasteiger partial charge is 0.399 e. The van der Waals surface area contributed by atoms with E-state index in [9.17, 15) is 4.39 Å². The molecule has 4 heteroatoms. The minimum Gasteiger partial charge on any atom is -0.399 e. The number of rotatable bonds is 6. The highest BCUT2D eigenvalue weighted by Crippen LogP contribution is 2.17. The van der Waals surface area contributed by atoms with Crippen molar-refractivity contribution < 1.29 is 4.39 Å². The second kappa shape index (κ2) is 6.80. The average Bonchev–Trinajstić information content (AvgIpc) is 2.46. The van der Waals surface area contributed by atoms with Crippen LogP contribution in [0.5, 0.6) is 0 Å². The number of nitrogens with zero attached hydrogens (tertiary/aromatic N) is 1. The summed E-state index contributed by atoms with van der Waals surface area (Å²) in [7, 11) is 2.05. The number of hydrogen-bond acceptors (Lipinski definition) is 3. The number of benzene rings is 2. The van der Waals surface area contributed by atoms with E-state index in [4.69, 9.17) is 5.73 Å². The van der Waals surface area contributed by atoms with E-state index >= 15 is 0 Å². The molecule has 0 aromatic heterocycles. The molecule has 2 aromatic carbocycles. The van der Waals surface area contributed by atoms with Crippen LogP contribution in [-0.4, -0.2) is 20.1 Å². The van der Waals surface area contributed by atoms with Crippen LogP contribution in [0.15, 0.2) is 48.5 Å². The number of nitrogens with one attached hydrogen (secondary N) is 1. The smallest absolute Gasteiger partial charge is 0.148 e. The van der Waals surface area contributed by atoms with Gasteiger partial charge in [0.15, 0.2) is 0 Å². The van der Waals surface area contributed by atoms with E-state index in [-0.39, 0.29) is 5.82 Å². The number of hydrogen-bond donors (Lipinski definition) is 2. The maximum atomic E-state index is 13.5. The van der Waals surface area contributed by atoms with E-state index in [1.54, 1.807) is 12.1 Å². The highest BCUT2D eigenvalue weighted by molar-refractivity contribution is 5.52. The standard InChI is InChI=1S/C16H20FN3/c1-20(14-6-3-2-4-7-14)11-5-10-19-16-9-8-13(18)12-15(16)17/h2-4,6-9,12,19H,5,10-11,18H2,1H3. The number of halogens is 1. The molecule has 0 aliphatic rings. The Balaban J connectivity index is 1.76. The molecule has 0 aliphatic heterocycles. The quantitative estimate of drug-likeness (QED) is 0.626. The molecule has 0 atom stereocenters. The van der Waals surface area contributed by atoms with E-state index in [0.717, 1.165) is 19.5 Å². The van der Waals surface area contributed by atoms with Crippen LogP contribution in [0.1, 0.15) is 6.42 Å². The molecule has 0 saturated carbocycles. The first-order valence-corrected chi connectivity index (χ1v) is 6.72. The van der Waals surface area contributed by atoms with Gasteiger partial charge in [-0.15, -0.1) is 0 Å². The lowest BCUT2D eigenvalue weighted by atomic mass is 10.2. The summed E-state index contributed by atoms with van der Waals surface area (Å²) in [4.78, 5) is 2.18. The van der Waals surface area contributed by atoms with Crippen LogP contribution < -0.4 is 16.0 Å².